The number of pyridine rings is 1. The molecule has 40 heavy (non-hydrogen) atoms. The normalized spacial score (nSPS) is 19.7. The molecule has 0 spiro atoms. The van der Waals surface area contributed by atoms with Gasteiger partial charge in [0.2, 0.25) is 12.4 Å². The Morgan fingerprint density at radius 1 is 1.43 bits per heavy atom. The molecule has 15 nitrogen and oxygen atoms in total. The lowest BCUT2D eigenvalue weighted by atomic mass is 10.0. The zero-order valence-electron chi connectivity index (χ0n) is 20.4. The third-order valence-electron chi connectivity index (χ3n) is 6.04. The standard InChI is InChI=1S/C22H19ClN8O7S2/c1-8(20(34)35)38-29-12(11-15(23)40-22(24)28-11)17(32)27-13-18(33)31-14(21(36)37)9(6-39-19(13)31)5-30-4-2-3-10-16(30)26-7-25-10/h2-4,7-8,13,19H,5-6H2,1H3,(H5,24,27,28,32,34,35,36,37)/p+1/b29-12-/t8-,13?,19+/m0/s1. The molecule has 5 rings (SSSR count). The van der Waals surface area contributed by atoms with Crippen LogP contribution in [0.1, 0.15) is 12.6 Å². The number of carbonyl (C=O) groups is 4. The number of amides is 2. The van der Waals surface area contributed by atoms with E-state index < -0.39 is 47.0 Å². The number of aromatic amines is 1. The average Bonchev–Trinajstić information content (AvgIpc) is 3.53. The molecule has 18 heteroatoms. The minimum absolute atomic E-state index is 0.00301. The van der Waals surface area contributed by atoms with Crippen molar-refractivity contribution in [3.8, 4) is 0 Å². The summed E-state index contributed by atoms with van der Waals surface area (Å²) in [4.78, 5) is 67.1. The number of rotatable bonds is 9. The molecule has 1 saturated heterocycles. The predicted octanol–water partition coefficient (Wildman–Crippen LogP) is 0.175. The molecular weight excluding hydrogens is 588 g/mol. The van der Waals surface area contributed by atoms with Crippen LogP contribution in [-0.4, -0.2) is 82.8 Å². The van der Waals surface area contributed by atoms with Crippen molar-refractivity contribution < 1.29 is 38.8 Å². The first kappa shape index (κ1) is 27.4. The molecule has 6 N–H and O–H groups in total. The molecule has 0 aliphatic carbocycles. The SMILES string of the molecule is C[C@H](O/N=C(\C(=O)NC1C(=O)N2C(C(=O)O)=C(C[n+]3cccc4[nH]cnc43)CS[C@H]12)c1nc(N)sc1Cl)C(=O)O. The number of aliphatic carboxylic acids is 2. The third kappa shape index (κ3) is 4.93. The molecule has 2 aliphatic heterocycles. The maximum atomic E-state index is 13.2. The van der Waals surface area contributed by atoms with Crippen LogP contribution in [0.3, 0.4) is 0 Å². The van der Waals surface area contributed by atoms with Gasteiger partial charge in [0.05, 0.1) is 6.20 Å². The number of nitrogens with two attached hydrogens (primary N) is 1. The van der Waals surface area contributed by atoms with Crippen LogP contribution >= 0.6 is 34.7 Å². The largest absolute Gasteiger partial charge is 0.478 e. The van der Waals surface area contributed by atoms with Crippen molar-refractivity contribution in [3.05, 3.63) is 46.0 Å². The molecule has 3 aromatic rings. The minimum atomic E-state index is -1.40. The van der Waals surface area contributed by atoms with Crippen molar-refractivity contribution >= 4 is 80.5 Å². The lowest BCUT2D eigenvalue weighted by Crippen LogP contribution is -2.71. The quantitative estimate of drug-likeness (QED) is 0.0955. The molecule has 1 unspecified atom stereocenters. The lowest BCUT2D eigenvalue weighted by Gasteiger charge is -2.49. The number of H-pyrrole nitrogens is 1. The number of fused-ring (bicyclic) bond motifs is 2. The van der Waals surface area contributed by atoms with Crippen LogP contribution in [0, 0.1) is 0 Å². The number of hydrogen-bond acceptors (Lipinski definition) is 11. The topological polar surface area (TPSA) is 217 Å². The number of aromatic nitrogens is 4. The van der Waals surface area contributed by atoms with Gasteiger partial charge >= 0.3 is 17.6 Å². The summed E-state index contributed by atoms with van der Waals surface area (Å²) in [5.74, 6) is -3.93. The van der Waals surface area contributed by atoms with Crippen molar-refractivity contribution in [1.82, 2.24) is 25.2 Å². The number of carbonyl (C=O) groups excluding carboxylic acids is 2. The van der Waals surface area contributed by atoms with Gasteiger partial charge in [-0.3, -0.25) is 14.5 Å². The lowest BCUT2D eigenvalue weighted by molar-refractivity contribution is -0.664. The van der Waals surface area contributed by atoms with Crippen LogP contribution in [0.25, 0.3) is 11.2 Å². The van der Waals surface area contributed by atoms with Gasteiger partial charge in [-0.15, -0.1) is 11.8 Å². The van der Waals surface area contributed by atoms with Gasteiger partial charge in [0, 0.05) is 11.3 Å². The summed E-state index contributed by atoms with van der Waals surface area (Å²) in [5.41, 5.74) is 6.75. The molecular formula is C22H20ClN8O7S2+. The number of nitrogens with zero attached hydrogens (tertiary/aromatic N) is 5. The number of thiazole rings is 1. The summed E-state index contributed by atoms with van der Waals surface area (Å²) < 4.78 is 1.77. The van der Waals surface area contributed by atoms with E-state index in [4.69, 9.17) is 27.3 Å². The second kappa shape index (κ2) is 10.7. The number of carboxylic acids is 2. The van der Waals surface area contributed by atoms with Crippen molar-refractivity contribution in [3.63, 3.8) is 0 Å². The third-order valence-corrected chi connectivity index (χ3v) is 8.46. The maximum absolute atomic E-state index is 13.2. The zero-order chi connectivity index (χ0) is 28.7. The van der Waals surface area contributed by atoms with Crippen LogP contribution in [0.2, 0.25) is 4.34 Å². The summed E-state index contributed by atoms with van der Waals surface area (Å²) in [6, 6.07) is 2.53. The number of nitrogen functional groups attached to an aromatic ring is 1. The number of carboxylic acid groups (broad SMARTS) is 2. The van der Waals surface area contributed by atoms with E-state index in [2.05, 4.69) is 25.4 Å². The number of nitrogens with one attached hydrogen (secondary N) is 2. The number of hydrogen-bond donors (Lipinski definition) is 5. The fraction of sp³-hybridized carbons (Fsp3) is 0.273. The minimum Gasteiger partial charge on any atom is -0.478 e. The van der Waals surface area contributed by atoms with Crippen molar-refractivity contribution in [1.29, 1.82) is 0 Å². The Balaban J connectivity index is 1.38. The molecule has 0 bridgehead atoms. The molecule has 2 aliphatic rings. The van der Waals surface area contributed by atoms with Gasteiger partial charge in [-0.1, -0.05) is 28.1 Å². The van der Waals surface area contributed by atoms with Gasteiger partial charge in [0.15, 0.2) is 10.8 Å². The highest BCUT2D eigenvalue weighted by Crippen LogP contribution is 2.40. The summed E-state index contributed by atoms with van der Waals surface area (Å²) in [5, 5.41) is 24.5. The van der Waals surface area contributed by atoms with Crippen molar-refractivity contribution in [2.75, 3.05) is 11.5 Å². The van der Waals surface area contributed by atoms with Crippen LogP contribution in [0.4, 0.5) is 5.13 Å². The first-order valence-electron chi connectivity index (χ1n) is 11.5. The summed E-state index contributed by atoms with van der Waals surface area (Å²) in [6.45, 7) is 1.39. The highest BCUT2D eigenvalue weighted by molar-refractivity contribution is 8.00. The van der Waals surface area contributed by atoms with Gasteiger partial charge in [-0.25, -0.2) is 19.1 Å². The summed E-state index contributed by atoms with van der Waals surface area (Å²) in [7, 11) is 0. The molecule has 0 saturated carbocycles. The average molecular weight is 608 g/mol. The molecule has 0 radical (unpaired) electrons. The van der Waals surface area contributed by atoms with Crippen LogP contribution in [0.15, 0.2) is 41.1 Å². The van der Waals surface area contributed by atoms with Crippen LogP contribution in [-0.2, 0) is 30.6 Å². The smallest absolute Gasteiger partial charge is 0.352 e. The van der Waals surface area contributed by atoms with Gasteiger partial charge < -0.3 is 31.1 Å². The molecule has 2 amide bonds. The fourth-order valence-electron chi connectivity index (χ4n) is 4.14. The monoisotopic (exact) mass is 607 g/mol. The summed E-state index contributed by atoms with van der Waals surface area (Å²) >= 11 is 8.27. The molecule has 5 heterocycles. The van der Waals surface area contributed by atoms with E-state index in [0.29, 0.717) is 11.2 Å². The van der Waals surface area contributed by atoms with Crippen molar-refractivity contribution in [2.24, 2.45) is 5.16 Å². The molecule has 3 atom stereocenters. The van der Waals surface area contributed by atoms with Gasteiger partial charge in [0.25, 0.3) is 11.8 Å². The van der Waals surface area contributed by atoms with Crippen molar-refractivity contribution in [2.45, 2.75) is 31.0 Å². The Morgan fingerprint density at radius 2 is 2.20 bits per heavy atom. The summed E-state index contributed by atoms with van der Waals surface area (Å²) in [6.07, 6.45) is 1.89. The fourth-order valence-corrected chi connectivity index (χ4v) is 6.41. The highest BCUT2D eigenvalue weighted by atomic mass is 35.5. The van der Waals surface area contributed by atoms with Crippen LogP contribution < -0.4 is 15.6 Å². The number of β-lactam (4-membered cyclic amide) rings is 1. The maximum Gasteiger partial charge on any atom is 0.352 e. The van der Waals surface area contributed by atoms with Gasteiger partial charge in [0.1, 0.15) is 39.2 Å². The van der Waals surface area contributed by atoms with E-state index in [1.165, 1.54) is 25.0 Å². The van der Waals surface area contributed by atoms with E-state index in [1.807, 2.05) is 6.07 Å². The molecule has 3 aromatic heterocycles. The number of halogens is 1. The number of thioether (sulfide) groups is 1. The Kier molecular flexibility index (Phi) is 7.35. The van der Waals surface area contributed by atoms with Crippen LogP contribution in [0.5, 0.6) is 0 Å². The number of anilines is 1. The van der Waals surface area contributed by atoms with Gasteiger partial charge in [-0.05, 0) is 24.0 Å². The molecule has 1 fully saturated rings. The van der Waals surface area contributed by atoms with E-state index in [-0.39, 0.29) is 33.2 Å². The van der Waals surface area contributed by atoms with E-state index in [1.54, 1.807) is 16.8 Å². The number of oxime groups is 1. The number of imidazole rings is 1. The Bertz CT molecular complexity index is 1620. The van der Waals surface area contributed by atoms with E-state index in [9.17, 15) is 24.3 Å². The van der Waals surface area contributed by atoms with Gasteiger partial charge in [-0.2, -0.15) is 0 Å². The first-order valence-corrected chi connectivity index (χ1v) is 13.7. The Hall–Kier alpha value is -4.22. The predicted molar refractivity (Wildman–Crippen MR) is 142 cm³/mol. The van der Waals surface area contributed by atoms with E-state index >= 15 is 0 Å². The highest BCUT2D eigenvalue weighted by Gasteiger charge is 2.54. The van der Waals surface area contributed by atoms with E-state index in [0.717, 1.165) is 21.8 Å². The Labute approximate surface area is 237 Å². The second-order valence-corrected chi connectivity index (χ2v) is 11.3. The Morgan fingerprint density at radius 3 is 2.88 bits per heavy atom. The zero-order valence-corrected chi connectivity index (χ0v) is 22.8. The first-order chi connectivity index (χ1) is 19.1. The molecule has 208 valence electrons. The molecule has 0 aromatic carbocycles. The second-order valence-electron chi connectivity index (χ2n) is 8.59.